The number of rotatable bonds is 4. The molecule has 0 aliphatic carbocycles. The largest absolute Gasteiger partial charge is 0.398 e. The van der Waals surface area contributed by atoms with Crippen molar-refractivity contribution in [1.29, 1.82) is 5.26 Å². The molecule has 0 spiro atoms. The molecule has 0 unspecified atom stereocenters. The average molecular weight is 382 g/mol. The molecule has 2 aromatic carbocycles. The first-order chi connectivity index (χ1) is 11.4. The number of carbonyl (C=O) groups excluding carboxylic acids is 1. The van der Waals surface area contributed by atoms with E-state index >= 15 is 0 Å². The number of carbonyl (C=O) groups is 1. The zero-order valence-electron chi connectivity index (χ0n) is 12.1. The van der Waals surface area contributed by atoms with Crippen LogP contribution in [0.3, 0.4) is 0 Å². The highest BCUT2D eigenvalue weighted by molar-refractivity contribution is 6.42. The van der Waals surface area contributed by atoms with Crippen LogP contribution in [-0.4, -0.2) is 5.91 Å². The number of halogens is 3. The molecule has 8 heteroatoms. The molecule has 0 saturated heterocycles. The summed E-state index contributed by atoms with van der Waals surface area (Å²) in [7, 11) is 0. The third-order valence-electron chi connectivity index (χ3n) is 2.93. The lowest BCUT2D eigenvalue weighted by atomic mass is 10.2. The van der Waals surface area contributed by atoms with E-state index < -0.39 is 5.91 Å². The molecule has 2 aromatic rings. The van der Waals surface area contributed by atoms with Gasteiger partial charge in [-0.25, -0.2) is 0 Å². The molecule has 2 rings (SSSR count). The summed E-state index contributed by atoms with van der Waals surface area (Å²) in [5.74, 6) is -0.592. The van der Waals surface area contributed by atoms with Gasteiger partial charge < -0.3 is 16.4 Å². The molecule has 1 amide bonds. The molecule has 0 fully saturated rings. The summed E-state index contributed by atoms with van der Waals surface area (Å²) in [6, 6.07) is 11.3. The number of amides is 1. The SMILES string of the molecule is N#C/C(=C/Nc1ccc(Cl)c(Cl)c1)C(=O)Nc1ccc(N)c(Cl)c1. The monoisotopic (exact) mass is 380 g/mol. The molecular weight excluding hydrogens is 371 g/mol. The van der Waals surface area contributed by atoms with Crippen LogP contribution in [0.15, 0.2) is 48.2 Å². The molecule has 0 aliphatic rings. The first-order valence-electron chi connectivity index (χ1n) is 6.59. The summed E-state index contributed by atoms with van der Waals surface area (Å²) >= 11 is 17.6. The Morgan fingerprint density at radius 2 is 1.71 bits per heavy atom. The third-order valence-corrected chi connectivity index (χ3v) is 3.99. The van der Waals surface area contributed by atoms with Crippen molar-refractivity contribution in [1.82, 2.24) is 0 Å². The molecule has 0 heterocycles. The predicted molar refractivity (Wildman–Crippen MR) is 98.3 cm³/mol. The Hall–Kier alpha value is -2.39. The number of nitrogens with zero attached hydrogens (tertiary/aromatic N) is 1. The lowest BCUT2D eigenvalue weighted by Crippen LogP contribution is -2.14. The van der Waals surface area contributed by atoms with Gasteiger partial charge in [-0.05, 0) is 36.4 Å². The van der Waals surface area contributed by atoms with Crippen molar-refractivity contribution >= 4 is 57.8 Å². The fourth-order valence-corrected chi connectivity index (χ4v) is 2.17. The Morgan fingerprint density at radius 1 is 1.04 bits per heavy atom. The Balaban J connectivity index is 2.11. The molecular formula is C16H11Cl3N4O. The van der Waals surface area contributed by atoms with Crippen molar-refractivity contribution in [2.45, 2.75) is 0 Å². The van der Waals surface area contributed by atoms with Crippen molar-refractivity contribution in [2.75, 3.05) is 16.4 Å². The smallest absolute Gasteiger partial charge is 0.267 e. The molecule has 0 aromatic heterocycles. The number of nitrogens with one attached hydrogen (secondary N) is 2. The third kappa shape index (κ3) is 4.56. The van der Waals surface area contributed by atoms with Crippen LogP contribution in [0.2, 0.25) is 15.1 Å². The van der Waals surface area contributed by atoms with Gasteiger partial charge in [-0.15, -0.1) is 0 Å². The van der Waals surface area contributed by atoms with Crippen LogP contribution in [0.4, 0.5) is 17.1 Å². The number of nitriles is 1. The van der Waals surface area contributed by atoms with Crippen LogP contribution in [-0.2, 0) is 4.79 Å². The number of hydrogen-bond donors (Lipinski definition) is 3. The van der Waals surface area contributed by atoms with E-state index in [-0.39, 0.29) is 5.57 Å². The maximum absolute atomic E-state index is 12.1. The van der Waals surface area contributed by atoms with Gasteiger partial charge in [0.05, 0.1) is 20.8 Å². The number of anilines is 3. The van der Waals surface area contributed by atoms with Gasteiger partial charge in [0.1, 0.15) is 11.6 Å². The predicted octanol–water partition coefficient (Wildman–Crippen LogP) is 4.69. The van der Waals surface area contributed by atoms with Crippen LogP contribution < -0.4 is 16.4 Å². The minimum atomic E-state index is -0.592. The van der Waals surface area contributed by atoms with E-state index in [4.69, 9.17) is 45.8 Å². The molecule has 0 bridgehead atoms. The maximum atomic E-state index is 12.1. The van der Waals surface area contributed by atoms with E-state index in [1.807, 2.05) is 6.07 Å². The second kappa shape index (κ2) is 7.93. The fourth-order valence-electron chi connectivity index (χ4n) is 1.69. The van der Waals surface area contributed by atoms with Crippen LogP contribution in [0.25, 0.3) is 0 Å². The molecule has 5 nitrogen and oxygen atoms in total. The minimum Gasteiger partial charge on any atom is -0.398 e. The van der Waals surface area contributed by atoms with E-state index in [2.05, 4.69) is 10.6 Å². The van der Waals surface area contributed by atoms with E-state index in [9.17, 15) is 4.79 Å². The van der Waals surface area contributed by atoms with Crippen LogP contribution >= 0.6 is 34.8 Å². The van der Waals surface area contributed by atoms with Gasteiger partial charge in [0, 0.05) is 17.6 Å². The zero-order chi connectivity index (χ0) is 17.7. The van der Waals surface area contributed by atoms with Crippen LogP contribution in [0.5, 0.6) is 0 Å². The van der Waals surface area contributed by atoms with Gasteiger partial charge in [-0.3, -0.25) is 4.79 Å². The van der Waals surface area contributed by atoms with Gasteiger partial charge in [0.15, 0.2) is 0 Å². The Bertz CT molecular complexity index is 859. The summed E-state index contributed by atoms with van der Waals surface area (Å²) < 4.78 is 0. The van der Waals surface area contributed by atoms with Crippen LogP contribution in [0, 0.1) is 11.3 Å². The molecule has 24 heavy (non-hydrogen) atoms. The fraction of sp³-hybridized carbons (Fsp3) is 0. The minimum absolute atomic E-state index is 0.131. The van der Waals surface area contributed by atoms with E-state index in [0.29, 0.717) is 32.1 Å². The van der Waals surface area contributed by atoms with Gasteiger partial charge in [0.2, 0.25) is 0 Å². The normalized spacial score (nSPS) is 10.8. The van der Waals surface area contributed by atoms with Gasteiger partial charge >= 0.3 is 0 Å². The van der Waals surface area contributed by atoms with E-state index in [1.54, 1.807) is 30.3 Å². The average Bonchev–Trinajstić information content (AvgIpc) is 2.55. The molecule has 4 N–H and O–H groups in total. The Labute approximate surface area is 153 Å². The second-order valence-corrected chi connectivity index (χ2v) is 5.86. The van der Waals surface area contributed by atoms with Gasteiger partial charge in [-0.1, -0.05) is 34.8 Å². The van der Waals surface area contributed by atoms with Crippen LogP contribution in [0.1, 0.15) is 0 Å². The molecule has 0 radical (unpaired) electrons. The number of benzene rings is 2. The standard InChI is InChI=1S/C16H11Cl3N4O/c17-12-3-1-10(5-13(12)18)22-8-9(7-20)16(24)23-11-2-4-15(21)14(19)6-11/h1-6,8,22H,21H2,(H,23,24)/b9-8-. The van der Waals surface area contributed by atoms with Crippen molar-refractivity contribution in [3.05, 3.63) is 63.2 Å². The summed E-state index contributed by atoms with van der Waals surface area (Å²) in [6.07, 6.45) is 1.27. The first-order valence-corrected chi connectivity index (χ1v) is 7.72. The number of nitrogen functional groups attached to an aromatic ring is 1. The van der Waals surface area contributed by atoms with Crippen molar-refractivity contribution in [3.8, 4) is 6.07 Å². The summed E-state index contributed by atoms with van der Waals surface area (Å²) in [5.41, 5.74) is 6.88. The van der Waals surface area contributed by atoms with Crippen molar-refractivity contribution < 1.29 is 4.79 Å². The van der Waals surface area contributed by atoms with E-state index in [1.165, 1.54) is 12.3 Å². The van der Waals surface area contributed by atoms with Gasteiger partial charge in [-0.2, -0.15) is 5.26 Å². The Kier molecular flexibility index (Phi) is 5.93. The lowest BCUT2D eigenvalue weighted by molar-refractivity contribution is -0.112. The van der Waals surface area contributed by atoms with Crippen molar-refractivity contribution in [3.63, 3.8) is 0 Å². The highest BCUT2D eigenvalue weighted by atomic mass is 35.5. The highest BCUT2D eigenvalue weighted by Crippen LogP contribution is 2.25. The molecule has 122 valence electrons. The second-order valence-electron chi connectivity index (χ2n) is 4.63. The first kappa shape index (κ1) is 18.0. The molecule has 0 saturated carbocycles. The topological polar surface area (TPSA) is 90.9 Å². The van der Waals surface area contributed by atoms with E-state index in [0.717, 1.165) is 0 Å². The van der Waals surface area contributed by atoms with Gasteiger partial charge in [0.25, 0.3) is 5.91 Å². The summed E-state index contributed by atoms with van der Waals surface area (Å²) in [5, 5.41) is 15.6. The number of nitrogens with two attached hydrogens (primary N) is 1. The molecule has 0 aliphatic heterocycles. The molecule has 0 atom stereocenters. The number of hydrogen-bond acceptors (Lipinski definition) is 4. The zero-order valence-corrected chi connectivity index (χ0v) is 14.4. The highest BCUT2D eigenvalue weighted by Gasteiger charge is 2.10. The quantitative estimate of drug-likeness (QED) is 0.407. The maximum Gasteiger partial charge on any atom is 0.267 e. The summed E-state index contributed by atoms with van der Waals surface area (Å²) in [4.78, 5) is 12.1. The van der Waals surface area contributed by atoms with Crippen molar-refractivity contribution in [2.24, 2.45) is 0 Å². The lowest BCUT2D eigenvalue weighted by Gasteiger charge is -2.07. The summed E-state index contributed by atoms with van der Waals surface area (Å²) in [6.45, 7) is 0. The Morgan fingerprint density at radius 3 is 2.33 bits per heavy atom.